The van der Waals surface area contributed by atoms with Crippen molar-refractivity contribution in [3.05, 3.63) is 36.7 Å². The molecule has 0 amide bonds. The summed E-state index contributed by atoms with van der Waals surface area (Å²) in [6.07, 6.45) is 7.15. The van der Waals surface area contributed by atoms with Crippen molar-refractivity contribution < 1.29 is 13.2 Å². The number of imidazole rings is 1. The number of benzene rings is 1. The average molecular weight is 464 g/mol. The molecule has 1 aliphatic rings. The van der Waals surface area contributed by atoms with Crippen LogP contribution >= 0.6 is 11.8 Å². The molecule has 2 aromatic heterocycles. The van der Waals surface area contributed by atoms with Gasteiger partial charge in [0.25, 0.3) is 0 Å². The monoisotopic (exact) mass is 463 g/mol. The summed E-state index contributed by atoms with van der Waals surface area (Å²) in [4.78, 5) is 5.07. The number of fused-ring (bicyclic) bond motifs is 1. The highest BCUT2D eigenvalue weighted by molar-refractivity contribution is 7.99. The standard InChI is InChI=1S/C21H29N5O3S2/c1-2-26-20-8-7-18(31(27,28)25-12-14-29-15-13-25)17-19(20)23-21(26)30-16-5-3-4-10-24-11-6-9-22-24/h6-9,11,17H,2-5,10,12-16H2,1H3. The third kappa shape index (κ3) is 5.14. The van der Waals surface area contributed by atoms with Gasteiger partial charge in [-0.15, -0.1) is 0 Å². The second kappa shape index (κ2) is 10.2. The zero-order valence-corrected chi connectivity index (χ0v) is 19.4. The van der Waals surface area contributed by atoms with Gasteiger partial charge in [0.2, 0.25) is 10.0 Å². The third-order valence-electron chi connectivity index (χ3n) is 5.43. The van der Waals surface area contributed by atoms with Crippen LogP contribution in [0.2, 0.25) is 0 Å². The van der Waals surface area contributed by atoms with E-state index in [-0.39, 0.29) is 0 Å². The summed E-state index contributed by atoms with van der Waals surface area (Å²) in [6.45, 7) is 5.51. The fourth-order valence-corrected chi connectivity index (χ4v) is 6.25. The Hall–Kier alpha value is -1.88. The zero-order chi connectivity index (χ0) is 21.7. The molecule has 1 aromatic carbocycles. The van der Waals surface area contributed by atoms with E-state index >= 15 is 0 Å². The van der Waals surface area contributed by atoms with Gasteiger partial charge in [-0.3, -0.25) is 4.68 Å². The van der Waals surface area contributed by atoms with E-state index in [1.54, 1.807) is 23.9 Å². The van der Waals surface area contributed by atoms with Gasteiger partial charge in [0, 0.05) is 44.3 Å². The van der Waals surface area contributed by atoms with Crippen molar-refractivity contribution in [2.45, 2.75) is 49.3 Å². The van der Waals surface area contributed by atoms with Crippen LogP contribution in [0.15, 0.2) is 46.7 Å². The highest BCUT2D eigenvalue weighted by atomic mass is 32.2. The minimum atomic E-state index is -3.52. The number of morpholine rings is 1. The molecule has 31 heavy (non-hydrogen) atoms. The van der Waals surface area contributed by atoms with Gasteiger partial charge in [0.1, 0.15) is 0 Å². The first-order chi connectivity index (χ1) is 15.1. The van der Waals surface area contributed by atoms with Gasteiger partial charge in [-0.05, 0) is 44.0 Å². The van der Waals surface area contributed by atoms with Crippen molar-refractivity contribution in [2.75, 3.05) is 32.1 Å². The van der Waals surface area contributed by atoms with Gasteiger partial charge in [-0.1, -0.05) is 18.2 Å². The van der Waals surface area contributed by atoms with Crippen LogP contribution in [0, 0.1) is 0 Å². The normalized spacial score (nSPS) is 15.6. The third-order valence-corrected chi connectivity index (χ3v) is 8.39. The zero-order valence-electron chi connectivity index (χ0n) is 17.8. The van der Waals surface area contributed by atoms with E-state index in [4.69, 9.17) is 9.72 Å². The molecule has 10 heteroatoms. The minimum absolute atomic E-state index is 0.304. The van der Waals surface area contributed by atoms with E-state index in [0.717, 1.165) is 54.3 Å². The first kappa shape index (κ1) is 22.3. The highest BCUT2D eigenvalue weighted by Crippen LogP contribution is 2.28. The Labute approximate surface area is 187 Å². The second-order valence-corrected chi connectivity index (χ2v) is 10.5. The molecule has 0 aliphatic carbocycles. The molecule has 0 atom stereocenters. The van der Waals surface area contributed by atoms with Gasteiger partial charge in [0.05, 0.1) is 29.1 Å². The predicted molar refractivity (Wildman–Crippen MR) is 122 cm³/mol. The Balaban J connectivity index is 1.40. The molecule has 1 fully saturated rings. The molecule has 3 aromatic rings. The maximum absolute atomic E-state index is 13.0. The molecular weight excluding hydrogens is 434 g/mol. The van der Waals surface area contributed by atoms with E-state index < -0.39 is 10.0 Å². The Morgan fingerprint density at radius 1 is 1.16 bits per heavy atom. The molecule has 3 heterocycles. The lowest BCUT2D eigenvalue weighted by molar-refractivity contribution is 0.0730. The van der Waals surface area contributed by atoms with Crippen LogP contribution in [0.1, 0.15) is 26.2 Å². The van der Waals surface area contributed by atoms with Gasteiger partial charge >= 0.3 is 0 Å². The number of aryl methyl sites for hydroxylation is 2. The van der Waals surface area contributed by atoms with Crippen LogP contribution < -0.4 is 0 Å². The Morgan fingerprint density at radius 2 is 2.00 bits per heavy atom. The number of unbranched alkanes of at least 4 members (excludes halogenated alkanes) is 2. The summed E-state index contributed by atoms with van der Waals surface area (Å²) in [6, 6.07) is 7.24. The number of hydrogen-bond donors (Lipinski definition) is 0. The van der Waals surface area contributed by atoms with Gasteiger partial charge in [-0.2, -0.15) is 9.40 Å². The molecule has 0 N–H and O–H groups in total. The molecule has 0 spiro atoms. The smallest absolute Gasteiger partial charge is 0.243 e. The molecule has 1 saturated heterocycles. The lowest BCUT2D eigenvalue weighted by Crippen LogP contribution is -2.40. The van der Waals surface area contributed by atoms with E-state index in [9.17, 15) is 8.42 Å². The minimum Gasteiger partial charge on any atom is -0.379 e. The SMILES string of the molecule is CCn1c(SCCCCCn2cccn2)nc2cc(S(=O)(=O)N3CCOCC3)ccc21. The summed E-state index contributed by atoms with van der Waals surface area (Å²) in [7, 11) is -3.52. The summed E-state index contributed by atoms with van der Waals surface area (Å²) < 4.78 is 36.9. The maximum atomic E-state index is 13.0. The molecule has 168 valence electrons. The first-order valence-corrected chi connectivity index (χ1v) is 13.2. The maximum Gasteiger partial charge on any atom is 0.243 e. The van der Waals surface area contributed by atoms with E-state index in [1.165, 1.54) is 4.31 Å². The Kier molecular flexibility index (Phi) is 7.31. The fraction of sp³-hybridized carbons (Fsp3) is 0.524. The van der Waals surface area contributed by atoms with Gasteiger partial charge < -0.3 is 9.30 Å². The fourth-order valence-electron chi connectivity index (χ4n) is 3.75. The molecule has 0 saturated carbocycles. The van der Waals surface area contributed by atoms with Crippen molar-refractivity contribution in [3.63, 3.8) is 0 Å². The largest absolute Gasteiger partial charge is 0.379 e. The van der Waals surface area contributed by atoms with Crippen LogP contribution in [0.3, 0.4) is 0 Å². The molecule has 0 unspecified atom stereocenters. The highest BCUT2D eigenvalue weighted by Gasteiger charge is 2.27. The number of ether oxygens (including phenoxy) is 1. The number of hydrogen-bond acceptors (Lipinski definition) is 6. The van der Waals surface area contributed by atoms with Crippen LogP contribution in [-0.2, 0) is 27.8 Å². The van der Waals surface area contributed by atoms with Crippen LogP contribution in [0.5, 0.6) is 0 Å². The number of nitrogens with zero attached hydrogens (tertiary/aromatic N) is 5. The topological polar surface area (TPSA) is 82.2 Å². The summed E-state index contributed by atoms with van der Waals surface area (Å²) in [5, 5.41) is 5.18. The second-order valence-electron chi connectivity index (χ2n) is 7.48. The predicted octanol–water partition coefficient (Wildman–Crippen LogP) is 3.24. The van der Waals surface area contributed by atoms with Crippen molar-refractivity contribution in [1.29, 1.82) is 0 Å². The lowest BCUT2D eigenvalue weighted by atomic mass is 10.2. The van der Waals surface area contributed by atoms with Crippen molar-refractivity contribution in [1.82, 2.24) is 23.6 Å². The van der Waals surface area contributed by atoms with Crippen LogP contribution in [0.25, 0.3) is 11.0 Å². The molecule has 4 rings (SSSR count). The van der Waals surface area contributed by atoms with Crippen LogP contribution in [0.4, 0.5) is 0 Å². The Bertz CT molecular complexity index is 1090. The molecule has 1 aliphatic heterocycles. The summed E-state index contributed by atoms with van der Waals surface area (Å²) >= 11 is 1.74. The van der Waals surface area contributed by atoms with Crippen molar-refractivity contribution in [3.8, 4) is 0 Å². The van der Waals surface area contributed by atoms with Gasteiger partial charge in [0.15, 0.2) is 5.16 Å². The number of aromatic nitrogens is 4. The molecular formula is C21H29N5O3S2. The van der Waals surface area contributed by atoms with Crippen molar-refractivity contribution in [2.24, 2.45) is 0 Å². The molecule has 0 radical (unpaired) electrons. The van der Waals surface area contributed by atoms with E-state index in [2.05, 4.69) is 16.6 Å². The Morgan fingerprint density at radius 3 is 2.74 bits per heavy atom. The summed E-state index contributed by atoms with van der Waals surface area (Å²) in [5.74, 6) is 0.987. The van der Waals surface area contributed by atoms with E-state index in [0.29, 0.717) is 31.2 Å². The molecule has 8 nitrogen and oxygen atoms in total. The average Bonchev–Trinajstić information content (AvgIpc) is 3.43. The van der Waals surface area contributed by atoms with Gasteiger partial charge in [-0.25, -0.2) is 13.4 Å². The van der Waals surface area contributed by atoms with Crippen LogP contribution in [-0.4, -0.2) is 64.1 Å². The van der Waals surface area contributed by atoms with E-state index in [1.807, 2.05) is 29.2 Å². The lowest BCUT2D eigenvalue weighted by Gasteiger charge is -2.26. The number of rotatable bonds is 10. The number of thioether (sulfide) groups is 1. The first-order valence-electron chi connectivity index (χ1n) is 10.8. The van der Waals surface area contributed by atoms with Crippen molar-refractivity contribution >= 4 is 32.8 Å². The number of sulfonamides is 1. The quantitative estimate of drug-likeness (QED) is 0.339. The summed E-state index contributed by atoms with van der Waals surface area (Å²) in [5.41, 5.74) is 1.71. The molecule has 0 bridgehead atoms.